The minimum atomic E-state index is 0.405. The zero-order valence-corrected chi connectivity index (χ0v) is 14.9. The van der Waals surface area contributed by atoms with E-state index in [1.54, 1.807) is 7.11 Å². The standard InChI is InChI=1S/C19H32N2O/c1-14(2)6-9-21-10-7-16(8-11-21)17-12-18(22-5)19(15(3)4)20-13-17/h12-16H,6-11H2,1-5H3. The van der Waals surface area contributed by atoms with Crippen molar-refractivity contribution in [1.29, 1.82) is 0 Å². The molecule has 0 radical (unpaired) electrons. The first-order valence-corrected chi connectivity index (χ1v) is 8.77. The van der Waals surface area contributed by atoms with Crippen LogP contribution in [0.4, 0.5) is 0 Å². The molecule has 1 fully saturated rings. The lowest BCUT2D eigenvalue weighted by Crippen LogP contribution is -2.34. The van der Waals surface area contributed by atoms with Gasteiger partial charge in [0.25, 0.3) is 0 Å². The quantitative estimate of drug-likeness (QED) is 0.777. The molecule has 0 N–H and O–H groups in total. The average Bonchev–Trinajstić information content (AvgIpc) is 2.52. The Labute approximate surface area is 136 Å². The molecule has 0 atom stereocenters. The summed E-state index contributed by atoms with van der Waals surface area (Å²) >= 11 is 0. The van der Waals surface area contributed by atoms with Gasteiger partial charge in [-0.25, -0.2) is 0 Å². The minimum absolute atomic E-state index is 0.405. The minimum Gasteiger partial charge on any atom is -0.495 e. The molecule has 1 aromatic rings. The summed E-state index contributed by atoms with van der Waals surface area (Å²) in [5.74, 6) is 2.80. The van der Waals surface area contributed by atoms with Crippen LogP contribution in [-0.4, -0.2) is 36.6 Å². The van der Waals surface area contributed by atoms with Crippen LogP contribution in [0.1, 0.15) is 70.1 Å². The molecule has 1 aromatic heterocycles. The third-order valence-electron chi connectivity index (χ3n) is 4.75. The summed E-state index contributed by atoms with van der Waals surface area (Å²) in [5.41, 5.74) is 2.42. The second-order valence-corrected chi connectivity index (χ2v) is 7.31. The number of hydrogen-bond acceptors (Lipinski definition) is 3. The van der Waals surface area contributed by atoms with E-state index in [1.165, 1.54) is 44.5 Å². The van der Waals surface area contributed by atoms with E-state index < -0.39 is 0 Å². The van der Waals surface area contributed by atoms with Gasteiger partial charge in [-0.2, -0.15) is 0 Å². The molecule has 1 aliphatic heterocycles. The molecule has 0 aromatic carbocycles. The van der Waals surface area contributed by atoms with E-state index in [0.29, 0.717) is 11.8 Å². The zero-order valence-electron chi connectivity index (χ0n) is 14.9. The van der Waals surface area contributed by atoms with Crippen molar-refractivity contribution in [1.82, 2.24) is 9.88 Å². The van der Waals surface area contributed by atoms with Crippen LogP contribution in [0.25, 0.3) is 0 Å². The first kappa shape index (κ1) is 17.3. The lowest BCUT2D eigenvalue weighted by molar-refractivity contribution is 0.202. The number of methoxy groups -OCH3 is 1. The van der Waals surface area contributed by atoms with Crippen molar-refractivity contribution in [3.63, 3.8) is 0 Å². The van der Waals surface area contributed by atoms with E-state index in [9.17, 15) is 0 Å². The number of ether oxygens (including phenoxy) is 1. The Kier molecular flexibility index (Phi) is 6.25. The largest absolute Gasteiger partial charge is 0.495 e. The van der Waals surface area contributed by atoms with Crippen molar-refractivity contribution in [2.75, 3.05) is 26.7 Å². The van der Waals surface area contributed by atoms with Crippen molar-refractivity contribution in [2.45, 2.75) is 58.8 Å². The Morgan fingerprint density at radius 1 is 1.23 bits per heavy atom. The van der Waals surface area contributed by atoms with Gasteiger partial charge in [0, 0.05) is 6.20 Å². The van der Waals surface area contributed by atoms with Crippen LogP contribution in [0, 0.1) is 5.92 Å². The predicted molar refractivity (Wildman–Crippen MR) is 92.7 cm³/mol. The third kappa shape index (κ3) is 4.45. The summed E-state index contributed by atoms with van der Waals surface area (Å²) in [4.78, 5) is 7.28. The molecule has 0 amide bonds. The Hall–Kier alpha value is -1.09. The molecule has 124 valence electrons. The average molecular weight is 304 g/mol. The highest BCUT2D eigenvalue weighted by Crippen LogP contribution is 2.32. The number of piperidine rings is 1. The Bertz CT molecular complexity index is 463. The molecule has 3 heteroatoms. The smallest absolute Gasteiger partial charge is 0.140 e. The van der Waals surface area contributed by atoms with E-state index in [2.05, 4.69) is 49.8 Å². The summed E-state index contributed by atoms with van der Waals surface area (Å²) in [5, 5.41) is 0. The summed E-state index contributed by atoms with van der Waals surface area (Å²) in [7, 11) is 1.75. The highest BCUT2D eigenvalue weighted by atomic mass is 16.5. The van der Waals surface area contributed by atoms with Crippen molar-refractivity contribution >= 4 is 0 Å². The van der Waals surface area contributed by atoms with Gasteiger partial charge in [0.05, 0.1) is 12.8 Å². The summed E-state index contributed by atoms with van der Waals surface area (Å²) in [6.45, 7) is 12.6. The van der Waals surface area contributed by atoms with Gasteiger partial charge in [-0.3, -0.25) is 4.98 Å². The second-order valence-electron chi connectivity index (χ2n) is 7.31. The Balaban J connectivity index is 1.96. The highest BCUT2D eigenvalue weighted by molar-refractivity contribution is 5.35. The van der Waals surface area contributed by atoms with Crippen LogP contribution in [0.15, 0.2) is 12.3 Å². The van der Waals surface area contributed by atoms with E-state index in [0.717, 1.165) is 17.4 Å². The van der Waals surface area contributed by atoms with Crippen molar-refractivity contribution in [2.24, 2.45) is 5.92 Å². The second kappa shape index (κ2) is 7.96. The summed E-state index contributed by atoms with van der Waals surface area (Å²) in [6.07, 6.45) is 5.86. The van der Waals surface area contributed by atoms with Crippen LogP contribution < -0.4 is 4.74 Å². The number of nitrogens with zero attached hydrogens (tertiary/aromatic N) is 2. The van der Waals surface area contributed by atoms with Crippen LogP contribution in [-0.2, 0) is 0 Å². The number of rotatable bonds is 6. The fourth-order valence-electron chi connectivity index (χ4n) is 3.22. The first-order valence-electron chi connectivity index (χ1n) is 8.77. The molecule has 1 saturated heterocycles. The van der Waals surface area contributed by atoms with Gasteiger partial charge in [0.2, 0.25) is 0 Å². The van der Waals surface area contributed by atoms with E-state index in [1.807, 2.05) is 0 Å². The van der Waals surface area contributed by atoms with E-state index in [4.69, 9.17) is 4.74 Å². The predicted octanol–water partition coefficient (Wildman–Crippen LogP) is 4.44. The molecule has 2 heterocycles. The molecule has 0 spiro atoms. The number of hydrogen-bond donors (Lipinski definition) is 0. The van der Waals surface area contributed by atoms with Gasteiger partial charge in [-0.05, 0) is 68.3 Å². The summed E-state index contributed by atoms with van der Waals surface area (Å²) < 4.78 is 5.55. The first-order chi connectivity index (χ1) is 10.5. The lowest BCUT2D eigenvalue weighted by Gasteiger charge is -2.32. The van der Waals surface area contributed by atoms with Gasteiger partial charge in [-0.1, -0.05) is 27.7 Å². The Morgan fingerprint density at radius 2 is 1.91 bits per heavy atom. The molecular weight excluding hydrogens is 272 g/mol. The molecule has 0 bridgehead atoms. The van der Waals surface area contributed by atoms with Crippen LogP contribution in [0.3, 0.4) is 0 Å². The maximum Gasteiger partial charge on any atom is 0.140 e. The third-order valence-corrected chi connectivity index (χ3v) is 4.75. The molecule has 2 rings (SSSR count). The van der Waals surface area contributed by atoms with Crippen molar-refractivity contribution in [3.05, 3.63) is 23.5 Å². The van der Waals surface area contributed by atoms with Gasteiger partial charge in [-0.15, -0.1) is 0 Å². The molecule has 22 heavy (non-hydrogen) atoms. The van der Waals surface area contributed by atoms with E-state index >= 15 is 0 Å². The molecule has 0 aliphatic carbocycles. The van der Waals surface area contributed by atoms with Gasteiger partial charge in [0.15, 0.2) is 0 Å². The molecule has 0 saturated carbocycles. The van der Waals surface area contributed by atoms with Gasteiger partial charge >= 0.3 is 0 Å². The van der Waals surface area contributed by atoms with Gasteiger partial charge in [0.1, 0.15) is 5.75 Å². The molecule has 1 aliphatic rings. The van der Waals surface area contributed by atoms with Crippen LogP contribution in [0.5, 0.6) is 5.75 Å². The summed E-state index contributed by atoms with van der Waals surface area (Å²) in [6, 6.07) is 2.22. The molecule has 0 unspecified atom stereocenters. The lowest BCUT2D eigenvalue weighted by atomic mass is 9.89. The number of aromatic nitrogens is 1. The number of pyridine rings is 1. The molecule has 3 nitrogen and oxygen atoms in total. The van der Waals surface area contributed by atoms with Crippen molar-refractivity contribution < 1.29 is 4.74 Å². The monoisotopic (exact) mass is 304 g/mol. The Morgan fingerprint density at radius 3 is 2.45 bits per heavy atom. The SMILES string of the molecule is COc1cc(C2CCN(CCC(C)C)CC2)cnc1C(C)C. The fourth-order valence-corrected chi connectivity index (χ4v) is 3.22. The fraction of sp³-hybridized carbons (Fsp3) is 0.737. The molecular formula is C19H32N2O. The van der Waals surface area contributed by atoms with Gasteiger partial charge < -0.3 is 9.64 Å². The maximum absolute atomic E-state index is 5.55. The zero-order chi connectivity index (χ0) is 16.1. The van der Waals surface area contributed by atoms with E-state index in [-0.39, 0.29) is 0 Å². The van der Waals surface area contributed by atoms with Crippen LogP contribution in [0.2, 0.25) is 0 Å². The highest BCUT2D eigenvalue weighted by Gasteiger charge is 2.22. The van der Waals surface area contributed by atoms with Crippen LogP contribution >= 0.6 is 0 Å². The normalized spacial score (nSPS) is 17.4. The maximum atomic E-state index is 5.55. The number of likely N-dealkylation sites (tertiary alicyclic amines) is 1. The van der Waals surface area contributed by atoms with Crippen molar-refractivity contribution in [3.8, 4) is 5.75 Å². The topological polar surface area (TPSA) is 25.4 Å².